The van der Waals surface area contributed by atoms with Crippen molar-refractivity contribution in [3.05, 3.63) is 52.1 Å². The van der Waals surface area contributed by atoms with Crippen molar-refractivity contribution in [2.45, 2.75) is 52.7 Å². The van der Waals surface area contributed by atoms with Crippen LogP contribution < -0.4 is 10.6 Å². The van der Waals surface area contributed by atoms with Crippen molar-refractivity contribution >= 4 is 23.3 Å². The number of hydrogen-bond donors (Lipinski definition) is 3. The molecule has 2 aromatic rings. The van der Waals surface area contributed by atoms with Crippen LogP contribution in [0.5, 0.6) is 0 Å². The molecule has 0 bridgehead atoms. The number of aryl methyl sites for hydroxylation is 1. The second-order valence-corrected chi connectivity index (χ2v) is 8.37. The number of amides is 2. The molecule has 166 valence electrons. The van der Waals surface area contributed by atoms with Crippen molar-refractivity contribution in [1.29, 1.82) is 0 Å². The van der Waals surface area contributed by atoms with Crippen LogP contribution in [0.4, 0.5) is 10.1 Å². The molecule has 3 N–H and O–H groups in total. The van der Waals surface area contributed by atoms with Crippen molar-refractivity contribution in [2.75, 3.05) is 5.32 Å². The molecule has 1 fully saturated rings. The Balaban J connectivity index is 1.83. The molecule has 0 unspecified atom stereocenters. The van der Waals surface area contributed by atoms with Gasteiger partial charge in [0.05, 0.1) is 23.4 Å². The van der Waals surface area contributed by atoms with Gasteiger partial charge in [-0.1, -0.05) is 6.92 Å². The van der Waals surface area contributed by atoms with Crippen LogP contribution in [0.25, 0.3) is 0 Å². The van der Waals surface area contributed by atoms with Crippen LogP contribution in [0, 0.1) is 32.5 Å². The van der Waals surface area contributed by atoms with Crippen molar-refractivity contribution in [1.82, 2.24) is 9.88 Å². The van der Waals surface area contributed by atoms with Crippen LogP contribution in [0.2, 0.25) is 0 Å². The fourth-order valence-electron chi connectivity index (χ4n) is 4.23. The minimum Gasteiger partial charge on any atom is -0.391 e. The molecule has 0 aliphatic heterocycles. The number of nitrogens with zero attached hydrogens (tertiary/aromatic N) is 1. The number of aromatic nitrogens is 1. The Hall–Kier alpha value is -3.00. The van der Waals surface area contributed by atoms with E-state index in [0.29, 0.717) is 28.9 Å². The maximum atomic E-state index is 13.5. The van der Waals surface area contributed by atoms with E-state index in [-0.39, 0.29) is 23.0 Å². The van der Waals surface area contributed by atoms with E-state index in [1.54, 1.807) is 27.8 Å². The largest absolute Gasteiger partial charge is 0.391 e. The molecule has 0 saturated heterocycles. The zero-order valence-corrected chi connectivity index (χ0v) is 18.4. The van der Waals surface area contributed by atoms with Crippen molar-refractivity contribution < 1.29 is 23.9 Å². The lowest BCUT2D eigenvalue weighted by Crippen LogP contribution is -2.44. The van der Waals surface area contributed by atoms with Crippen molar-refractivity contribution in [2.24, 2.45) is 13.0 Å². The first kappa shape index (κ1) is 22.7. The molecule has 1 heterocycles. The highest BCUT2D eigenvalue weighted by atomic mass is 19.1. The number of ketones is 1. The SMILES string of the molecule is Cc1cc(NC(=O)c2c(C)c(C(=O)C(=O)N[C@@H]3CC[C@H](C)[C@H]3O)n(C)c2C)ccc1F. The Morgan fingerprint density at radius 3 is 2.42 bits per heavy atom. The van der Waals surface area contributed by atoms with E-state index in [2.05, 4.69) is 10.6 Å². The van der Waals surface area contributed by atoms with E-state index in [1.165, 1.54) is 22.8 Å². The van der Waals surface area contributed by atoms with E-state index < -0.39 is 29.7 Å². The molecule has 31 heavy (non-hydrogen) atoms. The van der Waals surface area contributed by atoms with Gasteiger partial charge in [-0.05, 0) is 68.9 Å². The summed E-state index contributed by atoms with van der Waals surface area (Å²) >= 11 is 0. The highest BCUT2D eigenvalue weighted by Crippen LogP contribution is 2.27. The van der Waals surface area contributed by atoms with E-state index in [9.17, 15) is 23.9 Å². The smallest absolute Gasteiger partial charge is 0.294 e. The van der Waals surface area contributed by atoms with Crippen LogP contribution >= 0.6 is 0 Å². The lowest BCUT2D eigenvalue weighted by atomic mass is 10.1. The third-order valence-corrected chi connectivity index (χ3v) is 6.24. The third kappa shape index (κ3) is 4.25. The Morgan fingerprint density at radius 1 is 1.16 bits per heavy atom. The van der Waals surface area contributed by atoms with Gasteiger partial charge in [0.2, 0.25) is 0 Å². The third-order valence-electron chi connectivity index (χ3n) is 6.24. The number of carbonyl (C=O) groups is 3. The second kappa shape index (κ2) is 8.63. The molecule has 7 nitrogen and oxygen atoms in total. The fraction of sp³-hybridized carbons (Fsp3) is 0.435. The van der Waals surface area contributed by atoms with E-state index in [4.69, 9.17) is 0 Å². The number of anilines is 1. The predicted octanol–water partition coefficient (Wildman–Crippen LogP) is 2.80. The second-order valence-electron chi connectivity index (χ2n) is 8.37. The number of nitrogens with one attached hydrogen (secondary N) is 2. The Bertz CT molecular complexity index is 1060. The van der Waals surface area contributed by atoms with Crippen LogP contribution in [0.1, 0.15) is 57.4 Å². The summed E-state index contributed by atoms with van der Waals surface area (Å²) in [5.41, 5.74) is 2.15. The van der Waals surface area contributed by atoms with Crippen molar-refractivity contribution in [3.8, 4) is 0 Å². The lowest BCUT2D eigenvalue weighted by molar-refractivity contribution is -0.118. The van der Waals surface area contributed by atoms with Gasteiger partial charge in [-0.15, -0.1) is 0 Å². The normalized spacial score (nSPS) is 20.5. The lowest BCUT2D eigenvalue weighted by Gasteiger charge is -2.18. The molecule has 3 rings (SSSR count). The summed E-state index contributed by atoms with van der Waals surface area (Å²) in [7, 11) is 1.62. The molecule has 8 heteroatoms. The molecule has 1 aliphatic carbocycles. The number of carbonyl (C=O) groups excluding carboxylic acids is 3. The van der Waals surface area contributed by atoms with Crippen LogP contribution in [0.15, 0.2) is 18.2 Å². The molecule has 0 spiro atoms. The van der Waals surface area contributed by atoms with Crippen LogP contribution in [-0.2, 0) is 11.8 Å². The number of Topliss-reactive ketones (excluding diaryl/α,β-unsaturated/α-hetero) is 1. The van der Waals surface area contributed by atoms with Gasteiger partial charge in [0.1, 0.15) is 5.82 Å². The van der Waals surface area contributed by atoms with Gasteiger partial charge < -0.3 is 20.3 Å². The molecular formula is C23H28FN3O4. The summed E-state index contributed by atoms with van der Waals surface area (Å²) in [6, 6.07) is 3.79. The first-order valence-corrected chi connectivity index (χ1v) is 10.3. The standard InChI is InChI=1S/C23H28FN3O4/c1-11-6-9-17(20(11)28)26-23(31)21(29)19-13(3)18(14(4)27(19)5)22(30)25-15-7-8-16(24)12(2)10-15/h7-8,10-11,17,20,28H,6,9H2,1-5H3,(H,25,30)(H,26,31)/t11-,17+,20+/m0/s1. The van der Waals surface area contributed by atoms with Gasteiger partial charge in [-0.25, -0.2) is 4.39 Å². The molecule has 1 saturated carbocycles. The number of hydrogen-bond acceptors (Lipinski definition) is 4. The average Bonchev–Trinajstić information content (AvgIpc) is 3.14. The summed E-state index contributed by atoms with van der Waals surface area (Å²) in [4.78, 5) is 38.4. The zero-order valence-electron chi connectivity index (χ0n) is 18.4. The monoisotopic (exact) mass is 429 g/mol. The van der Waals surface area contributed by atoms with Gasteiger partial charge in [0.25, 0.3) is 17.6 Å². The first-order valence-electron chi connectivity index (χ1n) is 10.3. The molecule has 1 aromatic carbocycles. The van der Waals surface area contributed by atoms with E-state index in [1.807, 2.05) is 6.92 Å². The van der Waals surface area contributed by atoms with Gasteiger partial charge in [-0.2, -0.15) is 0 Å². The fourth-order valence-corrected chi connectivity index (χ4v) is 4.23. The summed E-state index contributed by atoms with van der Waals surface area (Å²) in [6.45, 7) is 6.80. The maximum absolute atomic E-state index is 13.5. The first-order chi connectivity index (χ1) is 14.5. The number of benzene rings is 1. The highest BCUT2D eigenvalue weighted by molar-refractivity contribution is 6.43. The molecule has 1 aromatic heterocycles. The van der Waals surface area contributed by atoms with Gasteiger partial charge in [0.15, 0.2) is 0 Å². The Labute approximate surface area is 180 Å². The number of halogens is 1. The average molecular weight is 429 g/mol. The number of aliphatic hydroxyl groups excluding tert-OH is 1. The quantitative estimate of drug-likeness (QED) is 0.503. The summed E-state index contributed by atoms with van der Waals surface area (Å²) in [5.74, 6) is -2.32. The number of rotatable bonds is 5. The van der Waals surface area contributed by atoms with Gasteiger partial charge >= 0.3 is 0 Å². The summed E-state index contributed by atoms with van der Waals surface area (Å²) in [5, 5.41) is 15.5. The molecule has 0 radical (unpaired) electrons. The predicted molar refractivity (Wildman–Crippen MR) is 115 cm³/mol. The topological polar surface area (TPSA) is 100 Å². The van der Waals surface area contributed by atoms with Gasteiger partial charge in [0, 0.05) is 18.4 Å². The van der Waals surface area contributed by atoms with E-state index in [0.717, 1.165) is 6.42 Å². The zero-order chi connectivity index (χ0) is 23.0. The minimum atomic E-state index is -0.803. The minimum absolute atomic E-state index is 0.0600. The molecule has 2 amide bonds. The van der Waals surface area contributed by atoms with Crippen LogP contribution in [-0.4, -0.2) is 39.4 Å². The van der Waals surface area contributed by atoms with Crippen LogP contribution in [0.3, 0.4) is 0 Å². The van der Waals surface area contributed by atoms with Gasteiger partial charge in [-0.3, -0.25) is 14.4 Å². The summed E-state index contributed by atoms with van der Waals surface area (Å²) in [6.07, 6.45) is 0.695. The Morgan fingerprint density at radius 2 is 1.84 bits per heavy atom. The van der Waals surface area contributed by atoms with Crippen molar-refractivity contribution in [3.63, 3.8) is 0 Å². The molecular weight excluding hydrogens is 401 g/mol. The Kier molecular flexibility index (Phi) is 6.31. The molecule has 1 aliphatic rings. The summed E-state index contributed by atoms with van der Waals surface area (Å²) < 4.78 is 15.0. The number of aliphatic hydroxyl groups is 1. The highest BCUT2D eigenvalue weighted by Gasteiger charge is 2.35. The maximum Gasteiger partial charge on any atom is 0.294 e. The molecule has 3 atom stereocenters. The van der Waals surface area contributed by atoms with E-state index >= 15 is 0 Å².